The van der Waals surface area contributed by atoms with Crippen molar-refractivity contribution in [3.8, 4) is 17.2 Å². The van der Waals surface area contributed by atoms with Crippen molar-refractivity contribution < 1.29 is 14.6 Å². The molecule has 0 aliphatic heterocycles. The maximum absolute atomic E-state index is 12.9. The summed E-state index contributed by atoms with van der Waals surface area (Å²) in [6.45, 7) is 6.30. The van der Waals surface area contributed by atoms with Gasteiger partial charge in [0.15, 0.2) is 11.4 Å². The monoisotopic (exact) mass is 441 g/mol. The zero-order valence-corrected chi connectivity index (χ0v) is 18.9. The molecule has 4 rings (SSSR count). The largest absolute Gasteiger partial charge is 0.504 e. The van der Waals surface area contributed by atoms with Crippen LogP contribution in [0.4, 0.5) is 0 Å². The van der Waals surface area contributed by atoms with E-state index < -0.39 is 5.91 Å². The van der Waals surface area contributed by atoms with Gasteiger partial charge in [-0.1, -0.05) is 60.7 Å². The van der Waals surface area contributed by atoms with E-state index >= 15 is 0 Å². The maximum Gasteiger partial charge on any atom is 0.276 e. The van der Waals surface area contributed by atoms with Gasteiger partial charge in [-0.05, 0) is 49.6 Å². The first-order valence-corrected chi connectivity index (χ1v) is 10.9. The predicted octanol–water partition coefficient (Wildman–Crippen LogP) is 5.26. The number of rotatable bonds is 7. The highest BCUT2D eigenvalue weighted by atomic mass is 16.5. The van der Waals surface area contributed by atoms with E-state index in [1.165, 1.54) is 10.9 Å². The number of para-hydroxylation sites is 1. The third kappa shape index (κ3) is 4.90. The number of amides is 1. The molecule has 0 fully saturated rings. The minimum atomic E-state index is -0.457. The molecule has 168 valence electrons. The van der Waals surface area contributed by atoms with Crippen LogP contribution in [0.2, 0.25) is 0 Å². The van der Waals surface area contributed by atoms with Gasteiger partial charge in [-0.15, -0.1) is 0 Å². The zero-order chi connectivity index (χ0) is 23.4. The van der Waals surface area contributed by atoms with Crippen LogP contribution in [0, 0.1) is 13.8 Å². The number of aromatic hydroxyl groups is 1. The van der Waals surface area contributed by atoms with Crippen molar-refractivity contribution in [2.45, 2.75) is 33.4 Å². The number of nitrogens with zero attached hydrogens (tertiary/aromatic N) is 2. The Hall–Kier alpha value is -4.06. The Morgan fingerprint density at radius 2 is 1.76 bits per heavy atom. The molecule has 4 aromatic rings. The minimum Gasteiger partial charge on any atom is -0.504 e. The van der Waals surface area contributed by atoms with Gasteiger partial charge < -0.3 is 15.2 Å². The van der Waals surface area contributed by atoms with Crippen molar-refractivity contribution >= 4 is 5.91 Å². The lowest BCUT2D eigenvalue weighted by molar-refractivity contribution is 0.0931. The lowest BCUT2D eigenvalue weighted by atomic mass is 10.1. The quantitative estimate of drug-likeness (QED) is 0.410. The summed E-state index contributed by atoms with van der Waals surface area (Å²) in [5.41, 5.74) is 4.84. The first-order chi connectivity index (χ1) is 15.9. The molecule has 1 aromatic heterocycles. The molecule has 1 atom stereocenters. The van der Waals surface area contributed by atoms with E-state index in [1.807, 2.05) is 93.6 Å². The van der Waals surface area contributed by atoms with Gasteiger partial charge in [-0.2, -0.15) is 5.10 Å². The molecule has 2 N–H and O–H groups in total. The maximum atomic E-state index is 12.9. The highest BCUT2D eigenvalue weighted by Gasteiger charge is 2.21. The van der Waals surface area contributed by atoms with Crippen molar-refractivity contribution in [1.29, 1.82) is 0 Å². The van der Waals surface area contributed by atoms with E-state index in [4.69, 9.17) is 4.74 Å². The number of carbonyl (C=O) groups excluding carboxylic acids is 1. The second-order valence-corrected chi connectivity index (χ2v) is 8.03. The highest BCUT2D eigenvalue weighted by molar-refractivity contribution is 5.95. The molecular formula is C27H27N3O3. The van der Waals surface area contributed by atoms with E-state index in [2.05, 4.69) is 10.4 Å². The van der Waals surface area contributed by atoms with Crippen LogP contribution in [0.1, 0.15) is 45.7 Å². The fourth-order valence-corrected chi connectivity index (χ4v) is 3.68. The Morgan fingerprint density at radius 1 is 1.03 bits per heavy atom. The van der Waals surface area contributed by atoms with Crippen molar-refractivity contribution in [3.63, 3.8) is 0 Å². The first-order valence-electron chi connectivity index (χ1n) is 10.9. The second kappa shape index (κ2) is 9.61. The molecular weight excluding hydrogens is 414 g/mol. The molecule has 6 nitrogen and oxygen atoms in total. The SMILES string of the molecule is Cc1cccc(-n2cc(O)c(C(=O)N[C@@H](C)c3ccccc3OCc3ccccc3)n2)c1C. The number of nitrogens with one attached hydrogen (secondary N) is 1. The lowest BCUT2D eigenvalue weighted by Crippen LogP contribution is -2.27. The van der Waals surface area contributed by atoms with Gasteiger partial charge in [-0.25, -0.2) is 4.68 Å². The summed E-state index contributed by atoms with van der Waals surface area (Å²) >= 11 is 0. The predicted molar refractivity (Wildman–Crippen MR) is 128 cm³/mol. The number of aromatic nitrogens is 2. The van der Waals surface area contributed by atoms with Crippen LogP contribution in [0.15, 0.2) is 79.0 Å². The number of hydrogen-bond acceptors (Lipinski definition) is 4. The van der Waals surface area contributed by atoms with E-state index in [1.54, 1.807) is 0 Å². The number of aryl methyl sites for hydroxylation is 1. The number of ether oxygens (including phenoxy) is 1. The molecule has 0 saturated carbocycles. The van der Waals surface area contributed by atoms with Gasteiger partial charge in [0, 0.05) is 5.56 Å². The molecule has 0 radical (unpaired) electrons. The topological polar surface area (TPSA) is 76.4 Å². The van der Waals surface area contributed by atoms with E-state index in [-0.39, 0.29) is 17.5 Å². The number of hydrogen-bond donors (Lipinski definition) is 2. The third-order valence-corrected chi connectivity index (χ3v) is 5.70. The van der Waals surface area contributed by atoms with Crippen molar-refractivity contribution in [3.05, 3.63) is 107 Å². The fraction of sp³-hybridized carbons (Fsp3) is 0.185. The molecule has 0 spiro atoms. The summed E-state index contributed by atoms with van der Waals surface area (Å²) in [7, 11) is 0. The van der Waals surface area contributed by atoms with E-state index in [0.29, 0.717) is 12.4 Å². The molecule has 1 heterocycles. The van der Waals surface area contributed by atoms with Crippen LogP contribution in [0.5, 0.6) is 11.5 Å². The Kier molecular flexibility index (Phi) is 6.45. The molecule has 0 saturated heterocycles. The van der Waals surface area contributed by atoms with Crippen LogP contribution in [-0.2, 0) is 6.61 Å². The van der Waals surface area contributed by atoms with E-state index in [0.717, 1.165) is 27.9 Å². The lowest BCUT2D eigenvalue weighted by Gasteiger charge is -2.18. The van der Waals surface area contributed by atoms with Crippen LogP contribution < -0.4 is 10.1 Å². The smallest absolute Gasteiger partial charge is 0.276 e. The van der Waals surface area contributed by atoms with Gasteiger partial charge in [0.2, 0.25) is 0 Å². The highest BCUT2D eigenvalue weighted by Crippen LogP contribution is 2.27. The summed E-state index contributed by atoms with van der Waals surface area (Å²) in [6, 6.07) is 23.0. The van der Waals surface area contributed by atoms with Crippen LogP contribution in [-0.4, -0.2) is 20.8 Å². The Morgan fingerprint density at radius 3 is 2.55 bits per heavy atom. The molecule has 0 aliphatic rings. The average molecular weight is 442 g/mol. The zero-order valence-electron chi connectivity index (χ0n) is 18.9. The van der Waals surface area contributed by atoms with Crippen molar-refractivity contribution in [2.24, 2.45) is 0 Å². The summed E-state index contributed by atoms with van der Waals surface area (Å²) in [4.78, 5) is 12.9. The fourth-order valence-electron chi connectivity index (χ4n) is 3.68. The Balaban J connectivity index is 1.51. The van der Waals surface area contributed by atoms with Gasteiger partial charge in [-0.3, -0.25) is 4.79 Å². The van der Waals surface area contributed by atoms with Crippen LogP contribution >= 0.6 is 0 Å². The molecule has 0 aliphatic carbocycles. The first kappa shape index (κ1) is 22.1. The van der Waals surface area contributed by atoms with Crippen molar-refractivity contribution in [1.82, 2.24) is 15.1 Å². The van der Waals surface area contributed by atoms with Crippen molar-refractivity contribution in [2.75, 3.05) is 0 Å². The summed E-state index contributed by atoms with van der Waals surface area (Å²) in [6.07, 6.45) is 1.46. The second-order valence-electron chi connectivity index (χ2n) is 8.03. The van der Waals surface area contributed by atoms with Gasteiger partial charge in [0.1, 0.15) is 12.4 Å². The standard InChI is InChI=1S/C27H27N3O3/c1-18-10-9-14-23(19(18)2)30-16-24(31)26(29-30)27(32)28-20(3)22-13-7-8-15-25(22)33-17-21-11-5-4-6-12-21/h4-16,20,31H,17H2,1-3H3,(H,28,32)/t20-/m0/s1. The van der Waals surface area contributed by atoms with Gasteiger partial charge >= 0.3 is 0 Å². The number of benzene rings is 3. The van der Waals surface area contributed by atoms with Gasteiger partial charge in [0.25, 0.3) is 5.91 Å². The molecule has 33 heavy (non-hydrogen) atoms. The third-order valence-electron chi connectivity index (χ3n) is 5.70. The molecule has 0 bridgehead atoms. The molecule has 3 aromatic carbocycles. The molecule has 6 heteroatoms. The summed E-state index contributed by atoms with van der Waals surface area (Å²) in [5.74, 6) is 0.0652. The Labute approximate surface area is 193 Å². The number of carbonyl (C=O) groups is 1. The van der Waals surface area contributed by atoms with Gasteiger partial charge in [0.05, 0.1) is 17.9 Å². The Bertz CT molecular complexity index is 1260. The summed E-state index contributed by atoms with van der Waals surface area (Å²) < 4.78 is 7.56. The van der Waals surface area contributed by atoms with Crippen LogP contribution in [0.25, 0.3) is 5.69 Å². The van der Waals surface area contributed by atoms with E-state index in [9.17, 15) is 9.90 Å². The molecule has 0 unspecified atom stereocenters. The average Bonchev–Trinajstić information content (AvgIpc) is 3.21. The minimum absolute atomic E-state index is 0.0227. The molecule has 1 amide bonds. The van der Waals surface area contributed by atoms with Crippen LogP contribution in [0.3, 0.4) is 0 Å². The summed E-state index contributed by atoms with van der Waals surface area (Å²) in [5, 5.41) is 17.7. The normalized spacial score (nSPS) is 11.7.